The van der Waals surface area contributed by atoms with Crippen molar-refractivity contribution in [2.24, 2.45) is 0 Å². The van der Waals surface area contributed by atoms with Crippen molar-refractivity contribution in [3.63, 3.8) is 0 Å². The third kappa shape index (κ3) is 6.74. The number of aryl methyl sites for hydroxylation is 1. The van der Waals surface area contributed by atoms with E-state index in [2.05, 4.69) is 29.6 Å². The van der Waals surface area contributed by atoms with Crippen molar-refractivity contribution in [3.05, 3.63) is 60.2 Å². The molecule has 1 N–H and O–H groups in total. The molecule has 0 spiro atoms. The molecule has 23 heavy (non-hydrogen) atoms. The number of ether oxygens (including phenoxy) is 1. The fourth-order valence-corrected chi connectivity index (χ4v) is 2.33. The molecule has 0 saturated heterocycles. The van der Waals surface area contributed by atoms with Gasteiger partial charge in [-0.2, -0.15) is 0 Å². The van der Waals surface area contributed by atoms with Gasteiger partial charge in [-0.15, -0.1) is 11.6 Å². The summed E-state index contributed by atoms with van der Waals surface area (Å²) in [5.41, 5.74) is 2.10. The molecule has 2 rings (SSSR count). The molecule has 0 heterocycles. The summed E-state index contributed by atoms with van der Waals surface area (Å²) < 4.78 is 5.72. The first-order chi connectivity index (χ1) is 11.3. The molecule has 0 unspecified atom stereocenters. The van der Waals surface area contributed by atoms with E-state index in [4.69, 9.17) is 16.3 Å². The van der Waals surface area contributed by atoms with Crippen LogP contribution in [0, 0.1) is 0 Å². The zero-order chi connectivity index (χ0) is 16.3. The molecule has 0 aliphatic carbocycles. The predicted octanol–water partition coefficient (Wildman–Crippen LogP) is 4.66. The summed E-state index contributed by atoms with van der Waals surface area (Å²) in [5, 5.41) is 2.84. The quantitative estimate of drug-likeness (QED) is 0.536. The highest BCUT2D eigenvalue weighted by molar-refractivity contribution is 6.18. The second kappa shape index (κ2) is 9.90. The van der Waals surface area contributed by atoms with Gasteiger partial charge >= 0.3 is 0 Å². The molecular formula is C19H22ClNO2. The SMILES string of the molecule is O=C(CCCCl)Nc1ccc(OCCCc2ccccc2)cc1. The van der Waals surface area contributed by atoms with Crippen molar-refractivity contribution < 1.29 is 9.53 Å². The Morgan fingerprint density at radius 3 is 2.43 bits per heavy atom. The summed E-state index contributed by atoms with van der Waals surface area (Å²) >= 11 is 5.57. The molecule has 0 atom stereocenters. The van der Waals surface area contributed by atoms with Crippen LogP contribution in [0.1, 0.15) is 24.8 Å². The van der Waals surface area contributed by atoms with Gasteiger partial charge in [-0.25, -0.2) is 0 Å². The third-order valence-electron chi connectivity index (χ3n) is 3.40. The van der Waals surface area contributed by atoms with Gasteiger partial charge in [-0.3, -0.25) is 4.79 Å². The Balaban J connectivity index is 1.69. The lowest BCUT2D eigenvalue weighted by molar-refractivity contribution is -0.116. The van der Waals surface area contributed by atoms with Crippen LogP contribution >= 0.6 is 11.6 Å². The van der Waals surface area contributed by atoms with Crippen LogP contribution in [0.5, 0.6) is 5.75 Å². The van der Waals surface area contributed by atoms with E-state index in [1.165, 1.54) is 5.56 Å². The number of alkyl halides is 1. The number of carbonyl (C=O) groups is 1. The van der Waals surface area contributed by atoms with Crippen LogP contribution in [0.2, 0.25) is 0 Å². The van der Waals surface area contributed by atoms with E-state index in [-0.39, 0.29) is 5.91 Å². The molecule has 2 aromatic rings. The molecule has 122 valence electrons. The number of amides is 1. The molecule has 4 heteroatoms. The number of nitrogens with one attached hydrogen (secondary N) is 1. The zero-order valence-electron chi connectivity index (χ0n) is 13.1. The van der Waals surface area contributed by atoms with Crippen LogP contribution in [0.25, 0.3) is 0 Å². The lowest BCUT2D eigenvalue weighted by Crippen LogP contribution is -2.11. The fraction of sp³-hybridized carbons (Fsp3) is 0.316. The second-order valence-corrected chi connectivity index (χ2v) is 5.68. The van der Waals surface area contributed by atoms with Crippen LogP contribution in [-0.2, 0) is 11.2 Å². The van der Waals surface area contributed by atoms with Gasteiger partial charge in [-0.05, 0) is 49.1 Å². The van der Waals surface area contributed by atoms with Gasteiger partial charge in [0.15, 0.2) is 0 Å². The van der Waals surface area contributed by atoms with E-state index >= 15 is 0 Å². The van der Waals surface area contributed by atoms with Crippen molar-refractivity contribution >= 4 is 23.2 Å². The van der Waals surface area contributed by atoms with Crippen LogP contribution in [0.4, 0.5) is 5.69 Å². The van der Waals surface area contributed by atoms with E-state index in [9.17, 15) is 4.79 Å². The van der Waals surface area contributed by atoms with E-state index in [0.717, 1.165) is 24.3 Å². The molecule has 0 aromatic heterocycles. The van der Waals surface area contributed by atoms with Crippen LogP contribution < -0.4 is 10.1 Å². The normalized spacial score (nSPS) is 10.3. The van der Waals surface area contributed by atoms with Crippen LogP contribution in [-0.4, -0.2) is 18.4 Å². The largest absolute Gasteiger partial charge is 0.494 e. The molecule has 1 amide bonds. The van der Waals surface area contributed by atoms with Gasteiger partial charge in [0, 0.05) is 18.0 Å². The number of halogens is 1. The summed E-state index contributed by atoms with van der Waals surface area (Å²) in [6.07, 6.45) is 3.12. The van der Waals surface area contributed by atoms with E-state index in [1.54, 1.807) is 0 Å². The average molecular weight is 332 g/mol. The smallest absolute Gasteiger partial charge is 0.224 e. The van der Waals surface area contributed by atoms with E-state index < -0.39 is 0 Å². The zero-order valence-corrected chi connectivity index (χ0v) is 13.9. The van der Waals surface area contributed by atoms with Crippen LogP contribution in [0.15, 0.2) is 54.6 Å². The van der Waals surface area contributed by atoms with Gasteiger partial charge < -0.3 is 10.1 Å². The first kappa shape index (κ1) is 17.4. The highest BCUT2D eigenvalue weighted by Gasteiger charge is 2.02. The molecule has 3 nitrogen and oxygen atoms in total. The average Bonchev–Trinajstić information content (AvgIpc) is 2.59. The summed E-state index contributed by atoms with van der Waals surface area (Å²) in [7, 11) is 0. The number of hydrogen-bond donors (Lipinski definition) is 1. The lowest BCUT2D eigenvalue weighted by atomic mass is 10.1. The van der Waals surface area contributed by atoms with Gasteiger partial charge in [0.05, 0.1) is 6.61 Å². The molecule has 0 radical (unpaired) electrons. The first-order valence-electron chi connectivity index (χ1n) is 7.90. The van der Waals surface area contributed by atoms with Crippen molar-refractivity contribution in [2.75, 3.05) is 17.8 Å². The Kier molecular flexibility index (Phi) is 7.47. The van der Waals surface area contributed by atoms with Crippen molar-refractivity contribution in [1.82, 2.24) is 0 Å². The maximum absolute atomic E-state index is 11.6. The Bertz CT molecular complexity index is 584. The Hall–Kier alpha value is -2.00. The topological polar surface area (TPSA) is 38.3 Å². The predicted molar refractivity (Wildman–Crippen MR) is 95.3 cm³/mol. The minimum atomic E-state index is -0.0119. The Labute approximate surface area is 142 Å². The van der Waals surface area contributed by atoms with Crippen molar-refractivity contribution in [2.45, 2.75) is 25.7 Å². The summed E-state index contributed by atoms with van der Waals surface area (Å²) in [5.74, 6) is 1.31. The molecule has 0 bridgehead atoms. The van der Waals surface area contributed by atoms with Crippen LogP contribution in [0.3, 0.4) is 0 Å². The summed E-state index contributed by atoms with van der Waals surface area (Å²) in [6, 6.07) is 17.8. The number of anilines is 1. The molecular weight excluding hydrogens is 310 g/mol. The van der Waals surface area contributed by atoms with Gasteiger partial charge in [0.1, 0.15) is 5.75 Å². The van der Waals surface area contributed by atoms with Crippen molar-refractivity contribution in [3.8, 4) is 5.75 Å². The maximum atomic E-state index is 11.6. The van der Waals surface area contributed by atoms with Gasteiger partial charge in [-0.1, -0.05) is 30.3 Å². The minimum Gasteiger partial charge on any atom is -0.494 e. The second-order valence-electron chi connectivity index (χ2n) is 5.30. The third-order valence-corrected chi connectivity index (χ3v) is 3.66. The lowest BCUT2D eigenvalue weighted by Gasteiger charge is -2.08. The minimum absolute atomic E-state index is 0.0119. The number of rotatable bonds is 9. The summed E-state index contributed by atoms with van der Waals surface area (Å²) in [4.78, 5) is 11.6. The number of benzene rings is 2. The monoisotopic (exact) mass is 331 g/mol. The highest BCUT2D eigenvalue weighted by Crippen LogP contribution is 2.16. The Morgan fingerprint density at radius 1 is 1.00 bits per heavy atom. The van der Waals surface area contributed by atoms with E-state index in [0.29, 0.717) is 25.3 Å². The van der Waals surface area contributed by atoms with Gasteiger partial charge in [0.2, 0.25) is 5.91 Å². The molecule has 0 saturated carbocycles. The molecule has 0 aliphatic heterocycles. The number of carbonyl (C=O) groups excluding carboxylic acids is 1. The molecule has 0 fully saturated rings. The standard InChI is InChI=1S/C19H22ClNO2/c20-14-4-9-19(22)21-17-10-12-18(13-11-17)23-15-5-8-16-6-2-1-3-7-16/h1-3,6-7,10-13H,4-5,8-9,14-15H2,(H,21,22). The maximum Gasteiger partial charge on any atom is 0.224 e. The first-order valence-corrected chi connectivity index (χ1v) is 8.44. The number of hydrogen-bond acceptors (Lipinski definition) is 2. The molecule has 2 aromatic carbocycles. The summed E-state index contributed by atoms with van der Waals surface area (Å²) in [6.45, 7) is 0.677. The Morgan fingerprint density at radius 2 is 1.74 bits per heavy atom. The molecule has 0 aliphatic rings. The van der Waals surface area contributed by atoms with Crippen molar-refractivity contribution in [1.29, 1.82) is 0 Å². The van der Waals surface area contributed by atoms with Gasteiger partial charge in [0.25, 0.3) is 0 Å². The van der Waals surface area contributed by atoms with E-state index in [1.807, 2.05) is 30.3 Å². The fourth-order valence-electron chi connectivity index (χ4n) is 2.20. The highest BCUT2D eigenvalue weighted by atomic mass is 35.5.